The van der Waals surface area contributed by atoms with E-state index in [9.17, 15) is 0 Å². The Morgan fingerprint density at radius 2 is 1.31 bits per heavy atom. The van der Waals surface area contributed by atoms with Crippen LogP contribution in [0.5, 0.6) is 0 Å². The van der Waals surface area contributed by atoms with E-state index in [4.69, 9.17) is 0 Å². The number of rotatable bonds is 12. The molecule has 0 saturated heterocycles. The average molecular weight is 222 g/mol. The summed E-state index contributed by atoms with van der Waals surface area (Å²) in [5.74, 6) is 0.797. The van der Waals surface area contributed by atoms with Crippen molar-refractivity contribution in [2.45, 2.75) is 71.1 Å². The monoisotopic (exact) mass is 222 g/mol. The Labute approximate surface area is 103 Å². The second-order valence-corrected chi connectivity index (χ2v) is 4.82. The van der Waals surface area contributed by atoms with E-state index in [1.807, 2.05) is 0 Å². The van der Waals surface area contributed by atoms with Crippen LogP contribution in [-0.2, 0) is 0 Å². The molecule has 0 nitrogen and oxygen atoms in total. The molecular weight excluding hydrogens is 192 g/mol. The summed E-state index contributed by atoms with van der Waals surface area (Å²) in [5.41, 5.74) is 0. The highest BCUT2D eigenvalue weighted by atomic mass is 14.1. The van der Waals surface area contributed by atoms with Crippen molar-refractivity contribution in [3.05, 3.63) is 25.3 Å². The van der Waals surface area contributed by atoms with Gasteiger partial charge in [0.25, 0.3) is 0 Å². The standard InChI is InChI=1S/C16H30/c1-4-7-8-9-10-11-12-15-16(13-5-2)14-6-3/h5-6,16H,2-4,7-15H2,1H3. The summed E-state index contributed by atoms with van der Waals surface area (Å²) in [6, 6.07) is 0. The second kappa shape index (κ2) is 12.5. The quantitative estimate of drug-likeness (QED) is 0.285. The van der Waals surface area contributed by atoms with Gasteiger partial charge in [0.05, 0.1) is 0 Å². The maximum Gasteiger partial charge on any atom is -0.0322 e. The van der Waals surface area contributed by atoms with Gasteiger partial charge < -0.3 is 0 Å². The summed E-state index contributed by atoms with van der Waals surface area (Å²) in [6.45, 7) is 9.93. The summed E-state index contributed by atoms with van der Waals surface area (Å²) in [4.78, 5) is 0. The lowest BCUT2D eigenvalue weighted by Gasteiger charge is -2.12. The van der Waals surface area contributed by atoms with Gasteiger partial charge in [-0.1, -0.05) is 64.0 Å². The molecule has 0 amide bonds. The first-order valence-electron chi connectivity index (χ1n) is 7.06. The molecule has 0 aliphatic carbocycles. The predicted octanol–water partition coefficient (Wildman–Crippen LogP) is 5.90. The van der Waals surface area contributed by atoms with E-state index in [0.29, 0.717) is 0 Å². The average Bonchev–Trinajstić information content (AvgIpc) is 2.28. The smallest absolute Gasteiger partial charge is 0.0322 e. The van der Waals surface area contributed by atoms with Crippen molar-refractivity contribution in [3.63, 3.8) is 0 Å². The van der Waals surface area contributed by atoms with E-state index in [-0.39, 0.29) is 0 Å². The molecule has 0 aromatic heterocycles. The van der Waals surface area contributed by atoms with Crippen molar-refractivity contribution in [2.24, 2.45) is 5.92 Å². The van der Waals surface area contributed by atoms with E-state index in [1.165, 1.54) is 51.4 Å². The van der Waals surface area contributed by atoms with Gasteiger partial charge in [-0.05, 0) is 25.2 Å². The lowest BCUT2D eigenvalue weighted by atomic mass is 9.94. The van der Waals surface area contributed by atoms with E-state index in [0.717, 1.165) is 18.8 Å². The minimum atomic E-state index is 0.797. The molecule has 0 rings (SSSR count). The van der Waals surface area contributed by atoms with Crippen LogP contribution in [-0.4, -0.2) is 0 Å². The van der Waals surface area contributed by atoms with Crippen molar-refractivity contribution in [1.29, 1.82) is 0 Å². The lowest BCUT2D eigenvalue weighted by Crippen LogP contribution is -1.97. The molecule has 16 heavy (non-hydrogen) atoms. The van der Waals surface area contributed by atoms with E-state index < -0.39 is 0 Å². The van der Waals surface area contributed by atoms with Crippen LogP contribution < -0.4 is 0 Å². The molecule has 0 aliphatic rings. The molecule has 0 fully saturated rings. The van der Waals surface area contributed by atoms with Gasteiger partial charge in [0.1, 0.15) is 0 Å². The first kappa shape index (κ1) is 15.5. The normalized spacial score (nSPS) is 10.6. The van der Waals surface area contributed by atoms with E-state index in [2.05, 4.69) is 32.2 Å². The molecule has 0 N–H and O–H groups in total. The first-order valence-corrected chi connectivity index (χ1v) is 7.06. The van der Waals surface area contributed by atoms with Crippen LogP contribution in [0.3, 0.4) is 0 Å². The fourth-order valence-corrected chi connectivity index (χ4v) is 2.19. The molecule has 0 aromatic rings. The third-order valence-corrected chi connectivity index (χ3v) is 3.22. The van der Waals surface area contributed by atoms with Gasteiger partial charge in [-0.15, -0.1) is 13.2 Å². The highest BCUT2D eigenvalue weighted by molar-refractivity contribution is 4.79. The van der Waals surface area contributed by atoms with Gasteiger partial charge in [-0.25, -0.2) is 0 Å². The van der Waals surface area contributed by atoms with Gasteiger partial charge in [-0.2, -0.15) is 0 Å². The molecule has 0 unspecified atom stereocenters. The summed E-state index contributed by atoms with van der Waals surface area (Å²) >= 11 is 0. The molecule has 0 bridgehead atoms. The fourth-order valence-electron chi connectivity index (χ4n) is 2.19. The Bertz CT molecular complexity index is 147. The van der Waals surface area contributed by atoms with Gasteiger partial charge in [0.15, 0.2) is 0 Å². The Hall–Kier alpha value is -0.520. The van der Waals surface area contributed by atoms with Crippen LogP contribution in [0.4, 0.5) is 0 Å². The molecule has 0 atom stereocenters. The van der Waals surface area contributed by atoms with Crippen LogP contribution in [0, 0.1) is 5.92 Å². The fraction of sp³-hybridized carbons (Fsp3) is 0.750. The molecule has 0 heterocycles. The minimum absolute atomic E-state index is 0.797. The molecule has 0 spiro atoms. The highest BCUT2D eigenvalue weighted by Crippen LogP contribution is 2.19. The summed E-state index contributed by atoms with van der Waals surface area (Å²) < 4.78 is 0. The second-order valence-electron chi connectivity index (χ2n) is 4.82. The maximum absolute atomic E-state index is 3.83. The number of allylic oxidation sites excluding steroid dienone is 2. The molecule has 0 radical (unpaired) electrons. The third-order valence-electron chi connectivity index (χ3n) is 3.22. The van der Waals surface area contributed by atoms with Crippen molar-refractivity contribution in [3.8, 4) is 0 Å². The van der Waals surface area contributed by atoms with Crippen molar-refractivity contribution < 1.29 is 0 Å². The molecule has 0 aliphatic heterocycles. The Morgan fingerprint density at radius 3 is 1.81 bits per heavy atom. The Kier molecular flexibility index (Phi) is 12.1. The lowest BCUT2D eigenvalue weighted by molar-refractivity contribution is 0.458. The van der Waals surface area contributed by atoms with Crippen LogP contribution >= 0.6 is 0 Å². The van der Waals surface area contributed by atoms with Crippen LogP contribution in [0.15, 0.2) is 25.3 Å². The zero-order chi connectivity index (χ0) is 12.1. The van der Waals surface area contributed by atoms with Crippen molar-refractivity contribution in [2.75, 3.05) is 0 Å². The molecule has 0 aromatic carbocycles. The van der Waals surface area contributed by atoms with Gasteiger partial charge in [0.2, 0.25) is 0 Å². The molecule has 0 heteroatoms. The van der Waals surface area contributed by atoms with E-state index >= 15 is 0 Å². The van der Waals surface area contributed by atoms with Gasteiger partial charge in [0, 0.05) is 0 Å². The van der Waals surface area contributed by atoms with Crippen molar-refractivity contribution in [1.82, 2.24) is 0 Å². The molecule has 94 valence electrons. The van der Waals surface area contributed by atoms with Gasteiger partial charge in [-0.3, -0.25) is 0 Å². The first-order chi connectivity index (χ1) is 7.85. The summed E-state index contributed by atoms with van der Waals surface area (Å²) in [6.07, 6.45) is 17.6. The molecule has 0 saturated carbocycles. The largest absolute Gasteiger partial charge is 0.103 e. The third kappa shape index (κ3) is 10.0. The predicted molar refractivity (Wildman–Crippen MR) is 75.7 cm³/mol. The van der Waals surface area contributed by atoms with Crippen LogP contribution in [0.1, 0.15) is 71.1 Å². The topological polar surface area (TPSA) is 0 Å². The minimum Gasteiger partial charge on any atom is -0.103 e. The number of unbranched alkanes of at least 4 members (excludes halogenated alkanes) is 6. The van der Waals surface area contributed by atoms with Crippen molar-refractivity contribution >= 4 is 0 Å². The molecular formula is C16H30. The Balaban J connectivity index is 3.32. The van der Waals surface area contributed by atoms with Crippen LogP contribution in [0.2, 0.25) is 0 Å². The number of hydrogen-bond donors (Lipinski definition) is 0. The SMILES string of the molecule is C=CCC(CC=C)CCCCCCCCC. The zero-order valence-corrected chi connectivity index (χ0v) is 11.2. The Morgan fingerprint density at radius 1 is 0.812 bits per heavy atom. The summed E-state index contributed by atoms with van der Waals surface area (Å²) in [5, 5.41) is 0. The maximum atomic E-state index is 3.83. The zero-order valence-electron chi connectivity index (χ0n) is 11.2. The summed E-state index contributed by atoms with van der Waals surface area (Å²) in [7, 11) is 0. The van der Waals surface area contributed by atoms with Gasteiger partial charge >= 0.3 is 0 Å². The highest BCUT2D eigenvalue weighted by Gasteiger charge is 2.03. The van der Waals surface area contributed by atoms with Crippen LogP contribution in [0.25, 0.3) is 0 Å². The number of hydrogen-bond acceptors (Lipinski definition) is 0. The van der Waals surface area contributed by atoms with E-state index in [1.54, 1.807) is 0 Å².